The van der Waals surface area contributed by atoms with Gasteiger partial charge in [-0.15, -0.1) is 24.0 Å². The van der Waals surface area contributed by atoms with Crippen LogP contribution in [-0.2, 0) is 17.9 Å². The van der Waals surface area contributed by atoms with Crippen LogP contribution < -0.4 is 21.1 Å². The lowest BCUT2D eigenvalue weighted by Gasteiger charge is -2.13. The van der Waals surface area contributed by atoms with Crippen LogP contribution in [0, 0.1) is 6.92 Å². The molecule has 0 aromatic heterocycles. The summed E-state index contributed by atoms with van der Waals surface area (Å²) in [4.78, 5) is 15.0. The summed E-state index contributed by atoms with van der Waals surface area (Å²) in [5.41, 5.74) is 8.53. The number of nitrogens with zero attached hydrogens (tertiary/aromatic N) is 1. The Labute approximate surface area is 171 Å². The molecule has 1 amide bonds. The van der Waals surface area contributed by atoms with Gasteiger partial charge in [-0.3, -0.25) is 9.79 Å². The molecule has 0 aliphatic heterocycles. The van der Waals surface area contributed by atoms with E-state index in [1.165, 1.54) is 11.1 Å². The Hall–Kier alpha value is -2.29. The van der Waals surface area contributed by atoms with Gasteiger partial charge in [-0.25, -0.2) is 0 Å². The highest BCUT2D eigenvalue weighted by Gasteiger charge is 2.02. The second kappa shape index (κ2) is 11.3. The normalized spacial score (nSPS) is 10.6. The number of nitrogens with two attached hydrogens (primary N) is 1. The van der Waals surface area contributed by atoms with Crippen LogP contribution in [0.3, 0.4) is 0 Å². The van der Waals surface area contributed by atoms with Crippen LogP contribution in [0.5, 0.6) is 5.75 Å². The Morgan fingerprint density at radius 2 is 1.73 bits per heavy atom. The Morgan fingerprint density at radius 1 is 1.08 bits per heavy atom. The number of aliphatic imine (C=N–C) groups is 1. The van der Waals surface area contributed by atoms with Crippen molar-refractivity contribution in [1.82, 2.24) is 10.6 Å². The first-order valence-electron chi connectivity index (χ1n) is 8.07. The number of amides is 1. The zero-order valence-corrected chi connectivity index (χ0v) is 17.3. The average molecular weight is 468 g/mol. The molecule has 0 bridgehead atoms. The molecule has 4 N–H and O–H groups in total. The van der Waals surface area contributed by atoms with E-state index in [9.17, 15) is 4.79 Å². The van der Waals surface area contributed by atoms with Crippen LogP contribution in [0.1, 0.15) is 16.7 Å². The summed E-state index contributed by atoms with van der Waals surface area (Å²) in [6.45, 7) is 3.22. The summed E-state index contributed by atoms with van der Waals surface area (Å²) >= 11 is 0. The number of nitrogens with one attached hydrogen (secondary N) is 2. The second-order valence-electron chi connectivity index (χ2n) is 5.67. The Bertz CT molecular complexity index is 733. The molecule has 140 valence electrons. The maximum Gasteiger partial charge on any atom is 0.255 e. The zero-order chi connectivity index (χ0) is 18.1. The highest BCUT2D eigenvalue weighted by atomic mass is 127. The first-order valence-corrected chi connectivity index (χ1v) is 8.07. The van der Waals surface area contributed by atoms with E-state index in [1.54, 1.807) is 13.1 Å². The minimum absolute atomic E-state index is 0. The van der Waals surface area contributed by atoms with Crippen molar-refractivity contribution in [3.8, 4) is 5.75 Å². The SMILES string of the molecule is CN=C(NCc1ccc(C)cc1)NCc1cccc(OCC(N)=O)c1.I. The smallest absolute Gasteiger partial charge is 0.255 e. The van der Waals surface area contributed by atoms with Gasteiger partial charge in [-0.05, 0) is 30.2 Å². The number of hydrogen-bond donors (Lipinski definition) is 3. The lowest BCUT2D eigenvalue weighted by Crippen LogP contribution is -2.36. The number of hydrogen-bond acceptors (Lipinski definition) is 3. The third-order valence-corrected chi connectivity index (χ3v) is 3.54. The minimum Gasteiger partial charge on any atom is -0.484 e. The molecule has 0 radical (unpaired) electrons. The number of halogens is 1. The molecular weight excluding hydrogens is 443 g/mol. The van der Waals surface area contributed by atoms with Crippen molar-refractivity contribution in [1.29, 1.82) is 0 Å². The van der Waals surface area contributed by atoms with Crippen molar-refractivity contribution >= 4 is 35.8 Å². The Morgan fingerprint density at radius 3 is 2.35 bits per heavy atom. The van der Waals surface area contributed by atoms with Crippen LogP contribution in [-0.4, -0.2) is 25.5 Å². The largest absolute Gasteiger partial charge is 0.484 e. The maximum atomic E-state index is 10.8. The fraction of sp³-hybridized carbons (Fsp3) is 0.263. The number of carbonyl (C=O) groups is 1. The first-order chi connectivity index (χ1) is 12.1. The highest BCUT2D eigenvalue weighted by Crippen LogP contribution is 2.13. The molecule has 0 spiro atoms. The van der Waals surface area contributed by atoms with Gasteiger partial charge in [0.1, 0.15) is 5.75 Å². The van der Waals surface area contributed by atoms with E-state index in [-0.39, 0.29) is 30.6 Å². The predicted octanol–water partition coefficient (Wildman–Crippen LogP) is 2.34. The van der Waals surface area contributed by atoms with E-state index in [4.69, 9.17) is 10.5 Å². The predicted molar refractivity (Wildman–Crippen MR) is 115 cm³/mol. The van der Waals surface area contributed by atoms with Gasteiger partial charge >= 0.3 is 0 Å². The van der Waals surface area contributed by atoms with Gasteiger partial charge in [0.2, 0.25) is 0 Å². The van der Waals surface area contributed by atoms with Gasteiger partial charge in [-0.1, -0.05) is 42.0 Å². The molecule has 6 nitrogen and oxygen atoms in total. The molecule has 0 fully saturated rings. The summed E-state index contributed by atoms with van der Waals surface area (Å²) in [5.74, 6) is 0.828. The van der Waals surface area contributed by atoms with Gasteiger partial charge in [0.15, 0.2) is 12.6 Å². The first kappa shape index (κ1) is 21.8. The molecule has 2 rings (SSSR count). The topological polar surface area (TPSA) is 88.7 Å². The lowest BCUT2D eigenvalue weighted by molar-refractivity contribution is -0.119. The van der Waals surface area contributed by atoms with E-state index in [1.807, 2.05) is 18.2 Å². The van der Waals surface area contributed by atoms with Gasteiger partial charge in [0, 0.05) is 20.1 Å². The van der Waals surface area contributed by atoms with Crippen molar-refractivity contribution in [3.63, 3.8) is 0 Å². The van der Waals surface area contributed by atoms with Crippen LogP contribution in [0.2, 0.25) is 0 Å². The molecule has 0 unspecified atom stereocenters. The van der Waals surface area contributed by atoms with Gasteiger partial charge in [0.25, 0.3) is 5.91 Å². The molecule has 2 aromatic carbocycles. The molecule has 0 aliphatic carbocycles. The van der Waals surface area contributed by atoms with Crippen molar-refractivity contribution in [2.45, 2.75) is 20.0 Å². The fourth-order valence-corrected chi connectivity index (χ4v) is 2.20. The summed E-state index contributed by atoms with van der Waals surface area (Å²) < 4.78 is 5.31. The van der Waals surface area contributed by atoms with Crippen LogP contribution in [0.25, 0.3) is 0 Å². The third-order valence-electron chi connectivity index (χ3n) is 3.54. The van der Waals surface area contributed by atoms with Crippen LogP contribution in [0.15, 0.2) is 53.5 Å². The molecule has 0 atom stereocenters. The number of benzene rings is 2. The second-order valence-corrected chi connectivity index (χ2v) is 5.67. The van der Waals surface area contributed by atoms with Crippen molar-refractivity contribution in [2.75, 3.05) is 13.7 Å². The van der Waals surface area contributed by atoms with E-state index in [0.717, 1.165) is 5.56 Å². The van der Waals surface area contributed by atoms with Crippen LogP contribution >= 0.6 is 24.0 Å². The molecule has 0 saturated carbocycles. The Balaban J connectivity index is 0.00000338. The van der Waals surface area contributed by atoms with Gasteiger partial charge in [-0.2, -0.15) is 0 Å². The molecular formula is C19H25IN4O2. The zero-order valence-electron chi connectivity index (χ0n) is 15.0. The summed E-state index contributed by atoms with van der Waals surface area (Å²) in [7, 11) is 1.73. The summed E-state index contributed by atoms with van der Waals surface area (Å²) in [6.07, 6.45) is 0. The van der Waals surface area contributed by atoms with Crippen LogP contribution in [0.4, 0.5) is 0 Å². The number of ether oxygens (including phenoxy) is 1. The highest BCUT2D eigenvalue weighted by molar-refractivity contribution is 14.0. The molecule has 0 saturated heterocycles. The average Bonchev–Trinajstić information content (AvgIpc) is 2.62. The van der Waals surface area contributed by atoms with Crippen molar-refractivity contribution < 1.29 is 9.53 Å². The van der Waals surface area contributed by atoms with Gasteiger partial charge in [0.05, 0.1) is 0 Å². The van der Waals surface area contributed by atoms with E-state index in [2.05, 4.69) is 46.8 Å². The molecule has 0 aliphatic rings. The molecule has 2 aromatic rings. The molecule has 7 heteroatoms. The monoisotopic (exact) mass is 468 g/mol. The Kier molecular flexibility index (Phi) is 9.50. The molecule has 26 heavy (non-hydrogen) atoms. The number of rotatable bonds is 7. The van der Waals surface area contributed by atoms with Crippen molar-refractivity contribution in [2.24, 2.45) is 10.7 Å². The summed E-state index contributed by atoms with van der Waals surface area (Å²) in [5, 5.41) is 6.53. The lowest BCUT2D eigenvalue weighted by atomic mass is 10.1. The number of guanidine groups is 1. The standard InChI is InChI=1S/C19H24N4O2.HI/c1-14-6-8-15(9-7-14)11-22-19(21-2)23-12-16-4-3-5-17(10-16)25-13-18(20)24;/h3-10H,11-13H2,1-2H3,(H2,20,24)(H2,21,22,23);1H. The number of primary amides is 1. The van der Waals surface area contributed by atoms with E-state index < -0.39 is 5.91 Å². The van der Waals surface area contributed by atoms with Gasteiger partial charge < -0.3 is 21.1 Å². The fourth-order valence-electron chi connectivity index (χ4n) is 2.20. The maximum absolute atomic E-state index is 10.8. The number of aryl methyl sites for hydroxylation is 1. The van der Waals surface area contributed by atoms with E-state index in [0.29, 0.717) is 24.8 Å². The van der Waals surface area contributed by atoms with E-state index >= 15 is 0 Å². The van der Waals surface area contributed by atoms with Crippen molar-refractivity contribution in [3.05, 3.63) is 65.2 Å². The minimum atomic E-state index is -0.496. The quantitative estimate of drug-likeness (QED) is 0.331. The summed E-state index contributed by atoms with van der Waals surface area (Å²) in [6, 6.07) is 15.9. The third kappa shape index (κ3) is 7.73. The molecule has 0 heterocycles. The number of carbonyl (C=O) groups excluding carboxylic acids is 1.